The number of piperidine rings is 1. The Labute approximate surface area is 105 Å². The largest absolute Gasteiger partial charge is 0.466 e. The van der Waals surface area contributed by atoms with Gasteiger partial charge in [0, 0.05) is 11.6 Å². The first-order valence-electron chi connectivity index (χ1n) is 6.44. The molecular formula is C13H26N2O2. The van der Waals surface area contributed by atoms with Crippen LogP contribution in [0.4, 0.5) is 0 Å². The maximum absolute atomic E-state index is 11.7. The standard InChI is InChI=1S/C13H26N2O2/c1-6-17-12(16)10-13(14(3)4)7-8-15(5)11(2)9-13/h11H,6-10H2,1-5H3. The van der Waals surface area contributed by atoms with Crippen molar-refractivity contribution in [2.24, 2.45) is 0 Å². The summed E-state index contributed by atoms with van der Waals surface area (Å²) in [6.45, 7) is 5.59. The zero-order chi connectivity index (χ0) is 13.1. The predicted octanol–water partition coefficient (Wildman–Crippen LogP) is 1.35. The number of nitrogens with zero attached hydrogens (tertiary/aromatic N) is 2. The van der Waals surface area contributed by atoms with E-state index in [1.807, 2.05) is 6.92 Å². The molecule has 1 fully saturated rings. The van der Waals surface area contributed by atoms with E-state index >= 15 is 0 Å². The van der Waals surface area contributed by atoms with Gasteiger partial charge in [0.25, 0.3) is 0 Å². The van der Waals surface area contributed by atoms with Crippen LogP contribution in [-0.2, 0) is 9.53 Å². The highest BCUT2D eigenvalue weighted by molar-refractivity contribution is 5.71. The quantitative estimate of drug-likeness (QED) is 0.697. The highest BCUT2D eigenvalue weighted by Crippen LogP contribution is 2.33. The van der Waals surface area contributed by atoms with Gasteiger partial charge in [-0.1, -0.05) is 0 Å². The summed E-state index contributed by atoms with van der Waals surface area (Å²) in [5.41, 5.74) is -0.0296. The van der Waals surface area contributed by atoms with Gasteiger partial charge in [-0.25, -0.2) is 0 Å². The van der Waals surface area contributed by atoms with Crippen LogP contribution < -0.4 is 0 Å². The average molecular weight is 242 g/mol. The van der Waals surface area contributed by atoms with Gasteiger partial charge >= 0.3 is 5.97 Å². The van der Waals surface area contributed by atoms with Crippen LogP contribution in [0.25, 0.3) is 0 Å². The number of hydrogen-bond donors (Lipinski definition) is 0. The molecule has 17 heavy (non-hydrogen) atoms. The third-order valence-corrected chi connectivity index (χ3v) is 4.09. The summed E-state index contributed by atoms with van der Waals surface area (Å²) in [5.74, 6) is -0.0713. The summed E-state index contributed by atoms with van der Waals surface area (Å²) < 4.78 is 5.10. The highest BCUT2D eigenvalue weighted by Gasteiger charge is 2.40. The molecule has 0 aromatic heterocycles. The fraction of sp³-hybridized carbons (Fsp3) is 0.923. The molecule has 1 saturated heterocycles. The molecule has 0 aliphatic carbocycles. The number of ether oxygens (including phenoxy) is 1. The first-order chi connectivity index (χ1) is 7.91. The third kappa shape index (κ3) is 3.42. The average Bonchev–Trinajstić information content (AvgIpc) is 2.23. The lowest BCUT2D eigenvalue weighted by molar-refractivity contribution is -0.147. The Balaban J connectivity index is 2.73. The lowest BCUT2D eigenvalue weighted by atomic mass is 9.80. The van der Waals surface area contributed by atoms with Crippen molar-refractivity contribution in [1.29, 1.82) is 0 Å². The molecule has 100 valence electrons. The summed E-state index contributed by atoms with van der Waals surface area (Å²) in [4.78, 5) is 16.3. The Morgan fingerprint density at radius 2 is 2.18 bits per heavy atom. The maximum Gasteiger partial charge on any atom is 0.307 e. The van der Waals surface area contributed by atoms with Crippen molar-refractivity contribution in [2.75, 3.05) is 34.3 Å². The number of carbonyl (C=O) groups excluding carboxylic acids is 1. The molecule has 0 amide bonds. The Morgan fingerprint density at radius 3 is 2.65 bits per heavy atom. The van der Waals surface area contributed by atoms with Crippen molar-refractivity contribution in [3.05, 3.63) is 0 Å². The van der Waals surface area contributed by atoms with Crippen LogP contribution in [0.15, 0.2) is 0 Å². The van der Waals surface area contributed by atoms with Crippen LogP contribution in [0.1, 0.15) is 33.1 Å². The molecule has 4 nitrogen and oxygen atoms in total. The van der Waals surface area contributed by atoms with Gasteiger partial charge in [-0.15, -0.1) is 0 Å². The number of carbonyl (C=O) groups is 1. The van der Waals surface area contributed by atoms with Gasteiger partial charge in [0.15, 0.2) is 0 Å². The zero-order valence-corrected chi connectivity index (χ0v) is 11.8. The van der Waals surface area contributed by atoms with E-state index in [1.165, 1.54) is 0 Å². The minimum atomic E-state index is -0.0713. The summed E-state index contributed by atoms with van der Waals surface area (Å²) in [6.07, 6.45) is 2.56. The number of hydrogen-bond acceptors (Lipinski definition) is 4. The Kier molecular flexibility index (Phi) is 4.95. The Morgan fingerprint density at radius 1 is 1.53 bits per heavy atom. The summed E-state index contributed by atoms with van der Waals surface area (Å²) in [7, 11) is 6.28. The van der Waals surface area contributed by atoms with Crippen LogP contribution in [0, 0.1) is 0 Å². The van der Waals surface area contributed by atoms with Gasteiger partial charge in [-0.05, 0) is 54.4 Å². The van der Waals surface area contributed by atoms with Crippen LogP contribution in [-0.4, -0.2) is 61.6 Å². The third-order valence-electron chi connectivity index (χ3n) is 4.09. The number of esters is 1. The second-order valence-electron chi connectivity index (χ2n) is 5.38. The van der Waals surface area contributed by atoms with Gasteiger partial charge < -0.3 is 14.5 Å². The van der Waals surface area contributed by atoms with Crippen LogP contribution in [0.2, 0.25) is 0 Å². The maximum atomic E-state index is 11.7. The molecule has 1 heterocycles. The molecule has 1 aliphatic rings. The fourth-order valence-electron chi connectivity index (χ4n) is 2.62. The van der Waals surface area contributed by atoms with Crippen molar-refractivity contribution in [3.63, 3.8) is 0 Å². The van der Waals surface area contributed by atoms with Crippen molar-refractivity contribution in [3.8, 4) is 0 Å². The Bertz CT molecular complexity index is 268. The number of rotatable bonds is 4. The molecule has 0 spiro atoms. The normalized spacial score (nSPS) is 30.6. The molecular weight excluding hydrogens is 216 g/mol. The number of likely N-dealkylation sites (tertiary alicyclic amines) is 1. The monoisotopic (exact) mass is 242 g/mol. The SMILES string of the molecule is CCOC(=O)CC1(N(C)C)CCN(C)C(C)C1. The van der Waals surface area contributed by atoms with Gasteiger partial charge in [-0.3, -0.25) is 4.79 Å². The molecule has 2 atom stereocenters. The molecule has 1 aliphatic heterocycles. The predicted molar refractivity (Wildman–Crippen MR) is 69.0 cm³/mol. The molecule has 0 aromatic carbocycles. The van der Waals surface area contributed by atoms with Crippen LogP contribution in [0.5, 0.6) is 0 Å². The molecule has 4 heteroatoms. The lowest BCUT2D eigenvalue weighted by Gasteiger charge is -2.47. The lowest BCUT2D eigenvalue weighted by Crippen LogP contribution is -2.56. The van der Waals surface area contributed by atoms with Gasteiger partial charge in [0.2, 0.25) is 0 Å². The van der Waals surface area contributed by atoms with Crippen LogP contribution >= 0.6 is 0 Å². The van der Waals surface area contributed by atoms with Gasteiger partial charge in [-0.2, -0.15) is 0 Å². The van der Waals surface area contributed by atoms with Crippen LogP contribution in [0.3, 0.4) is 0 Å². The smallest absolute Gasteiger partial charge is 0.307 e. The minimum Gasteiger partial charge on any atom is -0.466 e. The molecule has 0 saturated carbocycles. The van der Waals surface area contributed by atoms with E-state index in [4.69, 9.17) is 4.74 Å². The summed E-state index contributed by atoms with van der Waals surface area (Å²) in [6, 6.07) is 0.514. The summed E-state index contributed by atoms with van der Waals surface area (Å²) in [5, 5.41) is 0. The molecule has 0 N–H and O–H groups in total. The van der Waals surface area contributed by atoms with Crippen molar-refractivity contribution in [2.45, 2.75) is 44.7 Å². The fourth-order valence-corrected chi connectivity index (χ4v) is 2.62. The molecule has 0 bridgehead atoms. The van der Waals surface area contributed by atoms with E-state index in [2.05, 4.69) is 37.9 Å². The molecule has 2 unspecified atom stereocenters. The van der Waals surface area contributed by atoms with Crippen molar-refractivity contribution in [1.82, 2.24) is 9.80 Å². The minimum absolute atomic E-state index is 0.0296. The first kappa shape index (κ1) is 14.5. The second kappa shape index (κ2) is 5.83. The van der Waals surface area contributed by atoms with E-state index in [1.54, 1.807) is 0 Å². The van der Waals surface area contributed by atoms with E-state index in [0.29, 0.717) is 19.1 Å². The van der Waals surface area contributed by atoms with E-state index in [0.717, 1.165) is 19.4 Å². The van der Waals surface area contributed by atoms with E-state index in [-0.39, 0.29) is 11.5 Å². The van der Waals surface area contributed by atoms with E-state index in [9.17, 15) is 4.79 Å². The summed E-state index contributed by atoms with van der Waals surface area (Å²) >= 11 is 0. The van der Waals surface area contributed by atoms with Crippen molar-refractivity contribution >= 4 is 5.97 Å². The van der Waals surface area contributed by atoms with Gasteiger partial charge in [0.05, 0.1) is 13.0 Å². The van der Waals surface area contributed by atoms with E-state index < -0.39 is 0 Å². The first-order valence-corrected chi connectivity index (χ1v) is 6.44. The van der Waals surface area contributed by atoms with Crippen molar-refractivity contribution < 1.29 is 9.53 Å². The topological polar surface area (TPSA) is 32.8 Å². The van der Waals surface area contributed by atoms with Gasteiger partial charge in [0.1, 0.15) is 0 Å². The Hall–Kier alpha value is -0.610. The molecule has 1 rings (SSSR count). The molecule has 0 radical (unpaired) electrons. The second-order valence-corrected chi connectivity index (χ2v) is 5.38. The highest BCUT2D eigenvalue weighted by atomic mass is 16.5. The zero-order valence-electron chi connectivity index (χ0n) is 11.8. The molecule has 0 aromatic rings.